The van der Waals surface area contributed by atoms with Crippen molar-refractivity contribution in [3.05, 3.63) is 53.6 Å². The van der Waals surface area contributed by atoms with E-state index in [4.69, 9.17) is 14.2 Å². The summed E-state index contributed by atoms with van der Waals surface area (Å²) in [6.07, 6.45) is 0.644. The van der Waals surface area contributed by atoms with Crippen molar-refractivity contribution < 1.29 is 27.4 Å². The van der Waals surface area contributed by atoms with E-state index in [0.717, 1.165) is 11.3 Å². The lowest BCUT2D eigenvalue weighted by atomic mass is 10.1. The molecule has 0 atom stereocenters. The first-order chi connectivity index (χ1) is 15.8. The van der Waals surface area contributed by atoms with Crippen molar-refractivity contribution in [3.63, 3.8) is 0 Å². The van der Waals surface area contributed by atoms with E-state index in [1.165, 1.54) is 11.4 Å². The van der Waals surface area contributed by atoms with E-state index in [2.05, 4.69) is 5.32 Å². The van der Waals surface area contributed by atoms with Gasteiger partial charge in [0.05, 0.1) is 31.3 Å². The molecule has 0 unspecified atom stereocenters. The summed E-state index contributed by atoms with van der Waals surface area (Å²) in [5.41, 5.74) is 1.62. The maximum Gasteiger partial charge on any atom is 0.243 e. The number of rotatable bonds is 10. The number of hydrogen-bond donors (Lipinski definition) is 1. The van der Waals surface area contributed by atoms with Crippen LogP contribution in [0.2, 0.25) is 0 Å². The summed E-state index contributed by atoms with van der Waals surface area (Å²) >= 11 is 0. The Kier molecular flexibility index (Phi) is 8.71. The lowest BCUT2D eigenvalue weighted by Gasteiger charge is -2.26. The summed E-state index contributed by atoms with van der Waals surface area (Å²) in [4.78, 5) is 12.7. The largest absolute Gasteiger partial charge is 0.496 e. The Bertz CT molecular complexity index is 1050. The summed E-state index contributed by atoms with van der Waals surface area (Å²) in [6.45, 7) is 5.74. The van der Waals surface area contributed by atoms with Crippen LogP contribution in [0, 0.1) is 0 Å². The van der Waals surface area contributed by atoms with Crippen LogP contribution < -0.4 is 14.8 Å². The number of sulfonamides is 1. The number of methoxy groups -OCH3 is 1. The molecule has 1 aliphatic heterocycles. The molecule has 0 aliphatic carbocycles. The molecule has 0 saturated carbocycles. The summed E-state index contributed by atoms with van der Waals surface area (Å²) in [7, 11) is -2.09. The minimum Gasteiger partial charge on any atom is -0.496 e. The second kappa shape index (κ2) is 11.5. The third-order valence-corrected chi connectivity index (χ3v) is 7.14. The topological polar surface area (TPSA) is 94.2 Å². The van der Waals surface area contributed by atoms with Crippen molar-refractivity contribution in [3.8, 4) is 11.5 Å². The molecule has 1 heterocycles. The van der Waals surface area contributed by atoms with Gasteiger partial charge < -0.3 is 19.5 Å². The second-order valence-electron chi connectivity index (χ2n) is 8.08. The Morgan fingerprint density at radius 2 is 1.91 bits per heavy atom. The van der Waals surface area contributed by atoms with Gasteiger partial charge in [0.25, 0.3) is 0 Å². The number of ether oxygens (including phenoxy) is 3. The van der Waals surface area contributed by atoms with Crippen LogP contribution in [0.5, 0.6) is 11.5 Å². The van der Waals surface area contributed by atoms with Gasteiger partial charge in [-0.2, -0.15) is 4.31 Å². The Labute approximate surface area is 195 Å². The fourth-order valence-corrected chi connectivity index (χ4v) is 5.04. The van der Waals surface area contributed by atoms with E-state index >= 15 is 0 Å². The van der Waals surface area contributed by atoms with Crippen molar-refractivity contribution in [2.24, 2.45) is 0 Å². The first-order valence-corrected chi connectivity index (χ1v) is 12.5. The van der Waals surface area contributed by atoms with Gasteiger partial charge in [-0.25, -0.2) is 8.42 Å². The third-order valence-electron chi connectivity index (χ3n) is 5.24. The molecule has 3 rings (SSSR count). The molecular formula is C24H32N2O6S. The summed E-state index contributed by atoms with van der Waals surface area (Å²) in [5, 5.41) is 2.91. The van der Waals surface area contributed by atoms with Crippen LogP contribution in [0.4, 0.5) is 0 Å². The average Bonchev–Trinajstić information content (AvgIpc) is 2.81. The van der Waals surface area contributed by atoms with Gasteiger partial charge >= 0.3 is 0 Å². The number of hydrogen-bond acceptors (Lipinski definition) is 6. The molecule has 0 bridgehead atoms. The maximum atomic E-state index is 13.0. The second-order valence-corrected chi connectivity index (χ2v) is 10.0. The van der Waals surface area contributed by atoms with E-state index in [9.17, 15) is 13.2 Å². The van der Waals surface area contributed by atoms with Crippen molar-refractivity contribution in [2.75, 3.05) is 33.4 Å². The zero-order chi connectivity index (χ0) is 23.8. The predicted octanol–water partition coefficient (Wildman–Crippen LogP) is 2.75. The molecule has 2 aromatic carbocycles. The van der Waals surface area contributed by atoms with Crippen LogP contribution in [0.15, 0.2) is 47.4 Å². The van der Waals surface area contributed by atoms with Crippen LogP contribution in [0.3, 0.4) is 0 Å². The molecule has 1 saturated heterocycles. The van der Waals surface area contributed by atoms with Gasteiger partial charge in [0.15, 0.2) is 0 Å². The van der Waals surface area contributed by atoms with E-state index in [0.29, 0.717) is 50.6 Å². The van der Waals surface area contributed by atoms with E-state index in [1.54, 1.807) is 18.2 Å². The normalized spacial score (nSPS) is 14.8. The first kappa shape index (κ1) is 25.0. The number of aryl methyl sites for hydroxylation is 1. The highest BCUT2D eigenvalue weighted by Gasteiger charge is 2.27. The third kappa shape index (κ3) is 6.93. The van der Waals surface area contributed by atoms with Gasteiger partial charge in [0, 0.05) is 26.1 Å². The summed E-state index contributed by atoms with van der Waals surface area (Å²) in [5.74, 6) is 1.19. The minimum absolute atomic E-state index is 0.0765. The highest BCUT2D eigenvalue weighted by atomic mass is 32.2. The fourth-order valence-electron chi connectivity index (χ4n) is 3.58. The van der Waals surface area contributed by atoms with Gasteiger partial charge in [0.2, 0.25) is 15.9 Å². The molecule has 0 radical (unpaired) electrons. The number of amides is 1. The van der Waals surface area contributed by atoms with Crippen molar-refractivity contribution in [1.29, 1.82) is 0 Å². The number of morpholine rings is 1. The molecule has 180 valence electrons. The summed E-state index contributed by atoms with van der Waals surface area (Å²) in [6, 6.07) is 12.4. The zero-order valence-corrected chi connectivity index (χ0v) is 20.2. The van der Waals surface area contributed by atoms with Crippen molar-refractivity contribution >= 4 is 15.9 Å². The van der Waals surface area contributed by atoms with Crippen molar-refractivity contribution in [2.45, 2.75) is 44.2 Å². The minimum atomic E-state index is -3.62. The molecular weight excluding hydrogens is 444 g/mol. The molecule has 0 aromatic heterocycles. The Balaban J connectivity index is 1.62. The quantitative estimate of drug-likeness (QED) is 0.567. The molecule has 1 amide bonds. The Morgan fingerprint density at radius 1 is 1.15 bits per heavy atom. The number of carbonyl (C=O) groups is 1. The number of nitrogens with zero attached hydrogens (tertiary/aromatic N) is 1. The molecule has 9 heteroatoms. The van der Waals surface area contributed by atoms with Crippen LogP contribution in [0.1, 0.15) is 31.4 Å². The maximum absolute atomic E-state index is 13.0. The highest BCUT2D eigenvalue weighted by molar-refractivity contribution is 7.89. The fraction of sp³-hybridized carbons (Fsp3) is 0.458. The molecule has 8 nitrogen and oxygen atoms in total. The van der Waals surface area contributed by atoms with Crippen LogP contribution in [-0.2, 0) is 32.5 Å². The van der Waals surface area contributed by atoms with Gasteiger partial charge in [-0.15, -0.1) is 0 Å². The Hall–Kier alpha value is -2.62. The zero-order valence-electron chi connectivity index (χ0n) is 19.4. The SMILES string of the molecule is COc1ccc(S(=O)(=O)N2CCOCC2)cc1CCC(=O)NCc1cccc(OC(C)C)c1. The number of carbonyl (C=O) groups excluding carboxylic acids is 1. The van der Waals surface area contributed by atoms with Gasteiger partial charge in [-0.1, -0.05) is 12.1 Å². The average molecular weight is 477 g/mol. The number of benzene rings is 2. The van der Waals surface area contributed by atoms with Gasteiger partial charge in [-0.05, 0) is 61.7 Å². The Morgan fingerprint density at radius 3 is 2.61 bits per heavy atom. The molecule has 1 aliphatic rings. The van der Waals surface area contributed by atoms with E-state index in [1.807, 2.05) is 38.1 Å². The molecule has 1 fully saturated rings. The summed E-state index contributed by atoms with van der Waals surface area (Å²) < 4.78 is 43.7. The van der Waals surface area contributed by atoms with Crippen LogP contribution in [0.25, 0.3) is 0 Å². The molecule has 33 heavy (non-hydrogen) atoms. The van der Waals surface area contributed by atoms with E-state index in [-0.39, 0.29) is 23.3 Å². The molecule has 2 aromatic rings. The van der Waals surface area contributed by atoms with E-state index < -0.39 is 10.0 Å². The van der Waals surface area contributed by atoms with Crippen LogP contribution in [-0.4, -0.2) is 58.1 Å². The monoisotopic (exact) mass is 476 g/mol. The molecule has 0 spiro atoms. The van der Waals surface area contributed by atoms with Gasteiger partial charge in [0.1, 0.15) is 11.5 Å². The lowest BCUT2D eigenvalue weighted by Crippen LogP contribution is -2.40. The highest BCUT2D eigenvalue weighted by Crippen LogP contribution is 2.26. The number of nitrogens with one attached hydrogen (secondary N) is 1. The predicted molar refractivity (Wildman–Crippen MR) is 125 cm³/mol. The standard InChI is InChI=1S/C24H32N2O6S/c1-18(2)32-21-6-4-5-19(15-21)17-25-24(27)10-7-20-16-22(8-9-23(20)30-3)33(28,29)26-11-13-31-14-12-26/h4-6,8-9,15-16,18H,7,10-14,17H2,1-3H3,(H,25,27). The van der Waals surface area contributed by atoms with Crippen molar-refractivity contribution in [1.82, 2.24) is 9.62 Å². The molecule has 1 N–H and O–H groups in total. The van der Waals surface area contributed by atoms with Crippen LogP contribution >= 0.6 is 0 Å². The smallest absolute Gasteiger partial charge is 0.243 e. The first-order valence-electron chi connectivity index (χ1n) is 11.1. The van der Waals surface area contributed by atoms with Gasteiger partial charge in [-0.3, -0.25) is 4.79 Å². The lowest BCUT2D eigenvalue weighted by molar-refractivity contribution is -0.121.